The standard InChI is InChI=1S/C13H19N3O2S/c14-12(17)13(18)15-7-10-1-4-16(5-2-10)8-11-3-6-19-9-11/h3,6,9-10H,1-2,4-5,7-8H2,(H2,14,17)(H,15,18). The highest BCUT2D eigenvalue weighted by Crippen LogP contribution is 2.19. The summed E-state index contributed by atoms with van der Waals surface area (Å²) in [5, 5.41) is 6.86. The van der Waals surface area contributed by atoms with Crippen molar-refractivity contribution in [3.05, 3.63) is 22.4 Å². The highest BCUT2D eigenvalue weighted by molar-refractivity contribution is 7.07. The van der Waals surface area contributed by atoms with E-state index in [2.05, 4.69) is 27.0 Å². The van der Waals surface area contributed by atoms with E-state index in [-0.39, 0.29) is 0 Å². The van der Waals surface area contributed by atoms with Crippen LogP contribution in [0.2, 0.25) is 0 Å². The van der Waals surface area contributed by atoms with E-state index in [0.29, 0.717) is 12.5 Å². The van der Waals surface area contributed by atoms with Gasteiger partial charge in [-0.2, -0.15) is 11.3 Å². The fraction of sp³-hybridized carbons (Fsp3) is 0.538. The van der Waals surface area contributed by atoms with Crippen molar-refractivity contribution in [1.29, 1.82) is 0 Å². The zero-order valence-electron chi connectivity index (χ0n) is 10.8. The fourth-order valence-electron chi connectivity index (χ4n) is 2.31. The first kappa shape index (κ1) is 14.0. The molecule has 0 bridgehead atoms. The zero-order chi connectivity index (χ0) is 13.7. The molecule has 3 N–H and O–H groups in total. The van der Waals surface area contributed by atoms with Crippen LogP contribution in [0, 0.1) is 5.92 Å². The van der Waals surface area contributed by atoms with Gasteiger partial charge in [-0.25, -0.2) is 0 Å². The van der Waals surface area contributed by atoms with Gasteiger partial charge >= 0.3 is 11.8 Å². The van der Waals surface area contributed by atoms with Crippen LogP contribution in [0.25, 0.3) is 0 Å². The molecule has 0 aromatic carbocycles. The number of thiophene rings is 1. The van der Waals surface area contributed by atoms with Crippen molar-refractivity contribution in [3.8, 4) is 0 Å². The minimum atomic E-state index is -0.908. The molecule has 1 aliphatic rings. The van der Waals surface area contributed by atoms with E-state index in [0.717, 1.165) is 32.5 Å². The Kier molecular flexibility index (Phi) is 4.93. The second-order valence-corrected chi connectivity index (χ2v) is 5.71. The van der Waals surface area contributed by atoms with Gasteiger partial charge in [0.05, 0.1) is 0 Å². The van der Waals surface area contributed by atoms with Crippen LogP contribution in [0.1, 0.15) is 18.4 Å². The molecule has 0 atom stereocenters. The third-order valence-electron chi connectivity index (χ3n) is 3.47. The summed E-state index contributed by atoms with van der Waals surface area (Å²) in [5.41, 5.74) is 6.26. The number of nitrogens with two attached hydrogens (primary N) is 1. The first-order valence-electron chi connectivity index (χ1n) is 6.46. The number of rotatable bonds is 4. The maximum atomic E-state index is 11.1. The molecule has 19 heavy (non-hydrogen) atoms. The van der Waals surface area contributed by atoms with E-state index >= 15 is 0 Å². The summed E-state index contributed by atoms with van der Waals surface area (Å²) in [6.45, 7) is 3.62. The summed E-state index contributed by atoms with van der Waals surface area (Å²) >= 11 is 1.72. The lowest BCUT2D eigenvalue weighted by atomic mass is 9.96. The normalized spacial score (nSPS) is 17.3. The van der Waals surface area contributed by atoms with Crippen molar-refractivity contribution in [2.75, 3.05) is 19.6 Å². The van der Waals surface area contributed by atoms with Gasteiger partial charge in [-0.05, 0) is 54.2 Å². The van der Waals surface area contributed by atoms with Gasteiger partial charge in [0.25, 0.3) is 0 Å². The molecule has 2 rings (SSSR count). The van der Waals surface area contributed by atoms with Gasteiger partial charge in [0.2, 0.25) is 0 Å². The summed E-state index contributed by atoms with van der Waals surface area (Å²) in [6, 6.07) is 2.16. The molecule has 1 aromatic heterocycles. The molecule has 1 aliphatic heterocycles. The molecule has 1 saturated heterocycles. The summed E-state index contributed by atoms with van der Waals surface area (Å²) in [5.74, 6) is -1.14. The molecule has 0 spiro atoms. The Morgan fingerprint density at radius 1 is 1.42 bits per heavy atom. The van der Waals surface area contributed by atoms with Crippen molar-refractivity contribution >= 4 is 23.2 Å². The van der Waals surface area contributed by atoms with Crippen LogP contribution in [0.3, 0.4) is 0 Å². The Morgan fingerprint density at radius 2 is 2.16 bits per heavy atom. The van der Waals surface area contributed by atoms with Crippen LogP contribution >= 0.6 is 11.3 Å². The second kappa shape index (κ2) is 6.68. The molecular formula is C13H19N3O2S. The average molecular weight is 281 g/mol. The molecule has 0 saturated carbocycles. The van der Waals surface area contributed by atoms with Gasteiger partial charge in [0.1, 0.15) is 0 Å². The number of hydrogen-bond donors (Lipinski definition) is 2. The summed E-state index contributed by atoms with van der Waals surface area (Å²) in [7, 11) is 0. The molecular weight excluding hydrogens is 262 g/mol. The predicted octanol–water partition coefficient (Wildman–Crippen LogP) is 0.562. The molecule has 6 heteroatoms. The number of nitrogens with one attached hydrogen (secondary N) is 1. The molecule has 0 aliphatic carbocycles. The van der Waals surface area contributed by atoms with Gasteiger partial charge in [0, 0.05) is 13.1 Å². The number of carbonyl (C=O) groups excluding carboxylic acids is 2. The largest absolute Gasteiger partial charge is 0.361 e. The molecule has 5 nitrogen and oxygen atoms in total. The Balaban J connectivity index is 1.68. The first-order chi connectivity index (χ1) is 9.15. The third-order valence-corrected chi connectivity index (χ3v) is 4.20. The lowest BCUT2D eigenvalue weighted by Gasteiger charge is -2.31. The smallest absolute Gasteiger partial charge is 0.309 e. The van der Waals surface area contributed by atoms with Crippen LogP contribution in [0.4, 0.5) is 0 Å². The van der Waals surface area contributed by atoms with Crippen LogP contribution in [0.5, 0.6) is 0 Å². The molecule has 1 aromatic rings. The van der Waals surface area contributed by atoms with Crippen molar-refractivity contribution in [1.82, 2.24) is 10.2 Å². The number of hydrogen-bond acceptors (Lipinski definition) is 4. The molecule has 2 heterocycles. The van der Waals surface area contributed by atoms with Gasteiger partial charge in [-0.3, -0.25) is 14.5 Å². The van der Waals surface area contributed by atoms with Crippen molar-refractivity contribution in [2.24, 2.45) is 11.7 Å². The van der Waals surface area contributed by atoms with E-state index in [4.69, 9.17) is 5.73 Å². The molecule has 1 fully saturated rings. The summed E-state index contributed by atoms with van der Waals surface area (Å²) < 4.78 is 0. The van der Waals surface area contributed by atoms with E-state index < -0.39 is 11.8 Å². The Labute approximate surface area is 116 Å². The predicted molar refractivity (Wildman–Crippen MR) is 74.5 cm³/mol. The first-order valence-corrected chi connectivity index (χ1v) is 7.40. The van der Waals surface area contributed by atoms with Crippen molar-refractivity contribution < 1.29 is 9.59 Å². The van der Waals surface area contributed by atoms with E-state index in [9.17, 15) is 9.59 Å². The highest BCUT2D eigenvalue weighted by Gasteiger charge is 2.20. The molecule has 0 radical (unpaired) electrons. The SMILES string of the molecule is NC(=O)C(=O)NCC1CCN(Cc2ccsc2)CC1. The number of nitrogens with zero attached hydrogens (tertiary/aromatic N) is 1. The lowest BCUT2D eigenvalue weighted by molar-refractivity contribution is -0.137. The monoisotopic (exact) mass is 281 g/mol. The molecule has 104 valence electrons. The molecule has 2 amide bonds. The number of carbonyl (C=O) groups is 2. The minimum absolute atomic E-state index is 0.446. The average Bonchev–Trinajstić information content (AvgIpc) is 2.90. The number of primary amides is 1. The van der Waals surface area contributed by atoms with E-state index in [1.54, 1.807) is 11.3 Å². The maximum Gasteiger partial charge on any atom is 0.309 e. The van der Waals surface area contributed by atoms with Crippen LogP contribution in [-0.4, -0.2) is 36.3 Å². The quantitative estimate of drug-likeness (QED) is 0.792. The number of amides is 2. The van der Waals surface area contributed by atoms with E-state index in [1.165, 1.54) is 5.56 Å². The zero-order valence-corrected chi connectivity index (χ0v) is 11.6. The topological polar surface area (TPSA) is 75.4 Å². The van der Waals surface area contributed by atoms with Gasteiger partial charge in [-0.15, -0.1) is 0 Å². The number of likely N-dealkylation sites (tertiary alicyclic amines) is 1. The van der Waals surface area contributed by atoms with Crippen LogP contribution in [0.15, 0.2) is 16.8 Å². The Hall–Kier alpha value is -1.40. The van der Waals surface area contributed by atoms with Crippen molar-refractivity contribution in [2.45, 2.75) is 19.4 Å². The van der Waals surface area contributed by atoms with Crippen LogP contribution in [-0.2, 0) is 16.1 Å². The van der Waals surface area contributed by atoms with Crippen molar-refractivity contribution in [3.63, 3.8) is 0 Å². The van der Waals surface area contributed by atoms with Gasteiger partial charge in [-0.1, -0.05) is 0 Å². The van der Waals surface area contributed by atoms with Crippen LogP contribution < -0.4 is 11.1 Å². The lowest BCUT2D eigenvalue weighted by Crippen LogP contribution is -2.41. The highest BCUT2D eigenvalue weighted by atomic mass is 32.1. The summed E-state index contributed by atoms with van der Waals surface area (Å²) in [4.78, 5) is 24.1. The fourth-order valence-corrected chi connectivity index (χ4v) is 2.97. The molecule has 0 unspecified atom stereocenters. The minimum Gasteiger partial charge on any atom is -0.361 e. The maximum absolute atomic E-state index is 11.1. The Bertz CT molecular complexity index is 425. The second-order valence-electron chi connectivity index (χ2n) is 4.93. The van der Waals surface area contributed by atoms with E-state index in [1.807, 2.05) is 0 Å². The van der Waals surface area contributed by atoms with Gasteiger partial charge < -0.3 is 11.1 Å². The third kappa shape index (κ3) is 4.33. The van der Waals surface area contributed by atoms with Gasteiger partial charge in [0.15, 0.2) is 0 Å². The number of piperidine rings is 1. The summed E-state index contributed by atoms with van der Waals surface area (Å²) in [6.07, 6.45) is 2.09. The Morgan fingerprint density at radius 3 is 2.74 bits per heavy atom.